The molecule has 0 radical (unpaired) electrons. The summed E-state index contributed by atoms with van der Waals surface area (Å²) in [5.41, 5.74) is 4.19. The van der Waals surface area contributed by atoms with E-state index in [9.17, 15) is 14.4 Å². The van der Waals surface area contributed by atoms with E-state index in [4.69, 9.17) is 0 Å². The maximum absolute atomic E-state index is 13.3. The van der Waals surface area contributed by atoms with Gasteiger partial charge in [-0.2, -0.15) is 0 Å². The molecule has 224 valence electrons. The number of fused-ring (bicyclic) bond motifs is 3. The maximum Gasteiger partial charge on any atom is 0.272 e. The number of amides is 3. The number of nitrogens with one attached hydrogen (secondary N) is 3. The van der Waals surface area contributed by atoms with Crippen LogP contribution in [0.4, 0.5) is 11.4 Å². The quantitative estimate of drug-likeness (QED) is 0.106. The van der Waals surface area contributed by atoms with E-state index in [1.54, 1.807) is 36.4 Å². The van der Waals surface area contributed by atoms with Crippen LogP contribution >= 0.6 is 23.1 Å². The molecule has 0 aliphatic heterocycles. The molecular weight excluding hydrogens is 601 g/mol. The van der Waals surface area contributed by atoms with Crippen LogP contribution in [0, 0.1) is 0 Å². The van der Waals surface area contributed by atoms with Crippen molar-refractivity contribution >= 4 is 80.1 Å². The van der Waals surface area contributed by atoms with E-state index >= 15 is 0 Å². The minimum atomic E-state index is -0.451. The summed E-state index contributed by atoms with van der Waals surface area (Å²) >= 11 is 2.84. The lowest BCUT2D eigenvalue weighted by atomic mass is 10.1. The molecule has 0 atom stereocenters. The first-order chi connectivity index (χ1) is 22.0. The standard InChI is InChI=1S/C36H30N4O3S2/c1-2-40-32-16-7-6-15-29(32)30-21-26(17-18-33(30)40)37-34(41)23-45-27-13-8-12-25(20-27)38-36(43)31(22-28-14-9-19-44-28)39-35(42)24-10-4-3-5-11-24/h3-22H,2,23H2,1H3,(H,37,41)(H,38,43)(H,39,42)/b31-22-. The Labute approximate surface area is 269 Å². The molecule has 2 aromatic heterocycles. The molecule has 0 spiro atoms. The van der Waals surface area contributed by atoms with Crippen molar-refractivity contribution in [3.63, 3.8) is 0 Å². The number of rotatable bonds is 10. The van der Waals surface area contributed by atoms with Crippen molar-refractivity contribution in [2.75, 3.05) is 16.4 Å². The van der Waals surface area contributed by atoms with E-state index in [0.29, 0.717) is 11.3 Å². The number of anilines is 2. The second kappa shape index (κ2) is 13.7. The molecule has 3 N–H and O–H groups in total. The van der Waals surface area contributed by atoms with Gasteiger partial charge in [-0.3, -0.25) is 14.4 Å². The van der Waals surface area contributed by atoms with E-state index < -0.39 is 5.91 Å². The van der Waals surface area contributed by atoms with Crippen LogP contribution in [-0.4, -0.2) is 28.0 Å². The van der Waals surface area contributed by atoms with Crippen molar-refractivity contribution in [2.45, 2.75) is 18.4 Å². The van der Waals surface area contributed by atoms with Gasteiger partial charge >= 0.3 is 0 Å². The summed E-state index contributed by atoms with van der Waals surface area (Å²) in [5, 5.41) is 12.8. The van der Waals surface area contributed by atoms with Crippen LogP contribution in [-0.2, 0) is 16.1 Å². The summed E-state index contributed by atoms with van der Waals surface area (Å²) in [5.74, 6) is -0.757. The largest absolute Gasteiger partial charge is 0.341 e. The third kappa shape index (κ3) is 7.01. The van der Waals surface area contributed by atoms with Gasteiger partial charge in [-0.15, -0.1) is 23.1 Å². The number of carbonyl (C=O) groups is 3. The number of carbonyl (C=O) groups excluding carboxylic acids is 3. The smallest absolute Gasteiger partial charge is 0.272 e. The molecule has 0 aliphatic rings. The van der Waals surface area contributed by atoms with Gasteiger partial charge in [0.1, 0.15) is 5.70 Å². The van der Waals surface area contributed by atoms with Crippen LogP contribution in [0.25, 0.3) is 27.9 Å². The first-order valence-corrected chi connectivity index (χ1v) is 16.3. The van der Waals surface area contributed by atoms with E-state index in [-0.39, 0.29) is 23.3 Å². The fraction of sp³-hybridized carbons (Fsp3) is 0.0833. The molecule has 3 amide bonds. The van der Waals surface area contributed by atoms with Gasteiger partial charge in [-0.25, -0.2) is 0 Å². The SMILES string of the molecule is CCn1c2ccccc2c2cc(NC(=O)CSc3cccc(NC(=O)/C(=C/c4cccs4)NC(=O)c4ccccc4)c3)ccc21. The van der Waals surface area contributed by atoms with Gasteiger partial charge in [0.25, 0.3) is 11.8 Å². The molecule has 7 nitrogen and oxygen atoms in total. The van der Waals surface area contributed by atoms with E-state index in [2.05, 4.69) is 45.6 Å². The molecule has 9 heteroatoms. The summed E-state index contributed by atoms with van der Waals surface area (Å²) in [7, 11) is 0. The van der Waals surface area contributed by atoms with E-state index in [1.807, 2.05) is 66.0 Å². The first-order valence-electron chi connectivity index (χ1n) is 14.4. The zero-order chi connectivity index (χ0) is 31.2. The predicted molar refractivity (Wildman–Crippen MR) is 186 cm³/mol. The van der Waals surface area contributed by atoms with Crippen molar-refractivity contribution in [1.29, 1.82) is 0 Å². The summed E-state index contributed by atoms with van der Waals surface area (Å²) in [4.78, 5) is 40.7. The van der Waals surface area contributed by atoms with E-state index in [0.717, 1.165) is 38.3 Å². The van der Waals surface area contributed by atoms with Crippen molar-refractivity contribution in [2.24, 2.45) is 0 Å². The summed E-state index contributed by atoms with van der Waals surface area (Å²) in [6.45, 7) is 2.99. The average Bonchev–Trinajstić information content (AvgIpc) is 3.69. The molecule has 0 aliphatic carbocycles. The van der Waals surface area contributed by atoms with Crippen LogP contribution in [0.5, 0.6) is 0 Å². The van der Waals surface area contributed by atoms with Gasteiger partial charge in [0.2, 0.25) is 5.91 Å². The molecule has 0 bridgehead atoms. The number of nitrogens with zero attached hydrogens (tertiary/aromatic N) is 1. The third-order valence-electron chi connectivity index (χ3n) is 7.19. The number of aryl methyl sites for hydroxylation is 1. The van der Waals surface area contributed by atoms with Gasteiger partial charge in [-0.1, -0.05) is 48.5 Å². The number of aromatic nitrogens is 1. The Balaban J connectivity index is 1.11. The molecule has 45 heavy (non-hydrogen) atoms. The molecule has 6 aromatic rings. The Hall–Kier alpha value is -5.12. The number of hydrogen-bond acceptors (Lipinski definition) is 5. The van der Waals surface area contributed by atoms with Crippen LogP contribution in [0.1, 0.15) is 22.2 Å². The van der Waals surface area contributed by atoms with Gasteiger partial charge < -0.3 is 20.5 Å². The third-order valence-corrected chi connectivity index (χ3v) is 9.01. The van der Waals surface area contributed by atoms with Gasteiger partial charge in [0.05, 0.1) is 5.75 Å². The lowest BCUT2D eigenvalue weighted by Gasteiger charge is -2.12. The molecule has 0 fully saturated rings. The van der Waals surface area contributed by atoms with Crippen LogP contribution in [0.3, 0.4) is 0 Å². The predicted octanol–water partition coefficient (Wildman–Crippen LogP) is 8.02. The zero-order valence-corrected chi connectivity index (χ0v) is 26.1. The molecule has 4 aromatic carbocycles. The molecule has 6 rings (SSSR count). The van der Waals surface area contributed by atoms with Crippen molar-refractivity contribution in [3.05, 3.63) is 131 Å². The van der Waals surface area contributed by atoms with Crippen molar-refractivity contribution in [1.82, 2.24) is 9.88 Å². The van der Waals surface area contributed by atoms with Gasteiger partial charge in [0, 0.05) is 55.1 Å². The Bertz CT molecular complexity index is 2030. The second-order valence-electron chi connectivity index (χ2n) is 10.2. The normalized spacial score (nSPS) is 11.4. The summed E-state index contributed by atoms with van der Waals surface area (Å²) < 4.78 is 2.27. The fourth-order valence-electron chi connectivity index (χ4n) is 5.14. The number of thioether (sulfide) groups is 1. The lowest BCUT2D eigenvalue weighted by molar-refractivity contribution is -0.114. The van der Waals surface area contributed by atoms with Crippen molar-refractivity contribution in [3.8, 4) is 0 Å². The molecular formula is C36H30N4O3S2. The van der Waals surface area contributed by atoms with Gasteiger partial charge in [-0.05, 0) is 79.0 Å². The monoisotopic (exact) mass is 630 g/mol. The van der Waals surface area contributed by atoms with Crippen molar-refractivity contribution < 1.29 is 14.4 Å². The molecule has 2 heterocycles. The molecule has 0 saturated heterocycles. The minimum Gasteiger partial charge on any atom is -0.341 e. The molecule has 0 saturated carbocycles. The van der Waals surface area contributed by atoms with E-state index in [1.165, 1.54) is 28.6 Å². The number of thiophene rings is 1. The highest BCUT2D eigenvalue weighted by atomic mass is 32.2. The summed E-state index contributed by atoms with van der Waals surface area (Å²) in [6.07, 6.45) is 1.65. The minimum absolute atomic E-state index is 0.127. The van der Waals surface area contributed by atoms with Crippen LogP contribution in [0.15, 0.2) is 125 Å². The fourth-order valence-corrected chi connectivity index (χ4v) is 6.55. The highest BCUT2D eigenvalue weighted by Gasteiger charge is 2.16. The Kier molecular flexibility index (Phi) is 9.09. The topological polar surface area (TPSA) is 92.2 Å². The first kappa shape index (κ1) is 29.9. The highest BCUT2D eigenvalue weighted by molar-refractivity contribution is 8.00. The highest BCUT2D eigenvalue weighted by Crippen LogP contribution is 2.31. The van der Waals surface area contributed by atoms with Crippen LogP contribution in [0.2, 0.25) is 0 Å². The Morgan fingerprint density at radius 3 is 2.36 bits per heavy atom. The Morgan fingerprint density at radius 1 is 0.778 bits per heavy atom. The van der Waals surface area contributed by atoms with Gasteiger partial charge in [0.15, 0.2) is 0 Å². The average molecular weight is 631 g/mol. The zero-order valence-electron chi connectivity index (χ0n) is 24.4. The maximum atomic E-state index is 13.3. The Morgan fingerprint density at radius 2 is 1.56 bits per heavy atom. The number of benzene rings is 4. The second-order valence-corrected chi connectivity index (χ2v) is 12.2. The number of para-hydroxylation sites is 1. The summed E-state index contributed by atoms with van der Waals surface area (Å²) in [6, 6.07) is 34.1. The number of hydrogen-bond donors (Lipinski definition) is 3. The van der Waals surface area contributed by atoms with Crippen LogP contribution < -0.4 is 16.0 Å². The lowest BCUT2D eigenvalue weighted by Crippen LogP contribution is -2.30. The molecule has 0 unspecified atom stereocenters.